The minimum atomic E-state index is -1.16. The van der Waals surface area contributed by atoms with Crippen molar-refractivity contribution >= 4 is 11.8 Å². The van der Waals surface area contributed by atoms with E-state index in [0.29, 0.717) is 13.2 Å². The molecule has 2 heterocycles. The number of carboxylic acid groups (broad SMARTS) is 1. The van der Waals surface area contributed by atoms with Crippen LogP contribution >= 0.6 is 0 Å². The van der Waals surface area contributed by atoms with Crippen molar-refractivity contribution in [2.75, 3.05) is 6.61 Å². The molecular weight excluding hydrogens is 348 g/mol. The SMILES string of the molecule is O=C(O)CC(O)CC(=O)C=C[C@@]12CC[C@@H](C[C@@H]1COCc1ccccc1)O2. The Bertz CT molecular complexity index is 685. The number of aliphatic hydroxyl groups is 1. The van der Waals surface area contributed by atoms with Crippen LogP contribution in [0, 0.1) is 5.92 Å². The minimum absolute atomic E-state index is 0.188. The molecule has 27 heavy (non-hydrogen) atoms. The number of carbonyl (C=O) groups excluding carboxylic acids is 1. The topological polar surface area (TPSA) is 93.1 Å². The lowest BCUT2D eigenvalue weighted by atomic mass is 9.78. The number of hydrogen-bond acceptors (Lipinski definition) is 5. The third-order valence-electron chi connectivity index (χ3n) is 5.31. The molecule has 0 amide bonds. The van der Waals surface area contributed by atoms with Gasteiger partial charge in [0.25, 0.3) is 0 Å². The molecule has 0 radical (unpaired) electrons. The number of rotatable bonds is 10. The predicted molar refractivity (Wildman–Crippen MR) is 98.1 cm³/mol. The molecule has 2 aliphatic heterocycles. The normalized spacial score (nSPS) is 27.9. The number of fused-ring (bicyclic) bond motifs is 2. The Morgan fingerprint density at radius 3 is 2.78 bits per heavy atom. The fourth-order valence-electron chi connectivity index (χ4n) is 3.97. The predicted octanol–water partition coefficient (Wildman–Crippen LogP) is 2.49. The van der Waals surface area contributed by atoms with Crippen LogP contribution in [0.2, 0.25) is 0 Å². The molecule has 1 aromatic carbocycles. The van der Waals surface area contributed by atoms with Gasteiger partial charge in [-0.25, -0.2) is 0 Å². The zero-order valence-electron chi connectivity index (χ0n) is 15.3. The molecule has 0 aromatic heterocycles. The zero-order valence-corrected chi connectivity index (χ0v) is 15.3. The van der Waals surface area contributed by atoms with Gasteiger partial charge in [0.15, 0.2) is 5.78 Å². The van der Waals surface area contributed by atoms with E-state index >= 15 is 0 Å². The lowest BCUT2D eigenvalue weighted by molar-refractivity contribution is -0.139. The Labute approximate surface area is 158 Å². The number of ketones is 1. The molecule has 3 rings (SSSR count). The smallest absolute Gasteiger partial charge is 0.305 e. The van der Waals surface area contributed by atoms with Crippen LogP contribution in [0.4, 0.5) is 0 Å². The van der Waals surface area contributed by atoms with E-state index in [9.17, 15) is 14.7 Å². The Morgan fingerprint density at radius 1 is 1.30 bits per heavy atom. The first kappa shape index (κ1) is 19.7. The highest BCUT2D eigenvalue weighted by Crippen LogP contribution is 2.48. The molecule has 4 atom stereocenters. The van der Waals surface area contributed by atoms with E-state index in [0.717, 1.165) is 24.8 Å². The minimum Gasteiger partial charge on any atom is -0.481 e. The molecule has 1 unspecified atom stereocenters. The van der Waals surface area contributed by atoms with Crippen molar-refractivity contribution < 1.29 is 29.3 Å². The van der Waals surface area contributed by atoms with Crippen molar-refractivity contribution in [3.63, 3.8) is 0 Å². The Kier molecular flexibility index (Phi) is 6.42. The summed E-state index contributed by atoms with van der Waals surface area (Å²) in [6.07, 6.45) is 4.37. The summed E-state index contributed by atoms with van der Waals surface area (Å²) in [7, 11) is 0. The third-order valence-corrected chi connectivity index (χ3v) is 5.31. The van der Waals surface area contributed by atoms with Crippen molar-refractivity contribution in [1.29, 1.82) is 0 Å². The number of carboxylic acids is 1. The molecule has 2 fully saturated rings. The van der Waals surface area contributed by atoms with Crippen molar-refractivity contribution in [3.8, 4) is 0 Å². The van der Waals surface area contributed by atoms with Gasteiger partial charge in [-0.15, -0.1) is 0 Å². The van der Waals surface area contributed by atoms with Gasteiger partial charge in [-0.05, 0) is 37.0 Å². The second-order valence-corrected chi connectivity index (χ2v) is 7.42. The molecule has 2 N–H and O–H groups in total. The Balaban J connectivity index is 1.53. The van der Waals surface area contributed by atoms with E-state index in [-0.39, 0.29) is 24.2 Å². The van der Waals surface area contributed by atoms with Gasteiger partial charge in [0, 0.05) is 12.3 Å². The number of carbonyl (C=O) groups is 2. The summed E-state index contributed by atoms with van der Waals surface area (Å²) in [5, 5.41) is 18.3. The van der Waals surface area contributed by atoms with Gasteiger partial charge in [0.1, 0.15) is 0 Å². The summed E-state index contributed by atoms with van der Waals surface area (Å²) < 4.78 is 12.0. The van der Waals surface area contributed by atoms with Gasteiger partial charge in [0.05, 0.1) is 37.4 Å². The highest BCUT2D eigenvalue weighted by Gasteiger charge is 2.51. The summed E-state index contributed by atoms with van der Waals surface area (Å²) in [5.74, 6) is -1.22. The van der Waals surface area contributed by atoms with Crippen LogP contribution < -0.4 is 0 Å². The molecule has 0 spiro atoms. The van der Waals surface area contributed by atoms with Crippen molar-refractivity contribution in [1.82, 2.24) is 0 Å². The average Bonchev–Trinajstić information content (AvgIpc) is 3.19. The average molecular weight is 374 g/mol. The van der Waals surface area contributed by atoms with Crippen LogP contribution in [0.1, 0.15) is 37.7 Å². The Morgan fingerprint density at radius 2 is 2.07 bits per heavy atom. The second kappa shape index (κ2) is 8.78. The fraction of sp³-hybridized carbons (Fsp3) is 0.524. The number of allylic oxidation sites excluding steroid dienone is 1. The quantitative estimate of drug-likeness (QED) is 0.611. The summed E-state index contributed by atoms with van der Waals surface area (Å²) >= 11 is 0. The van der Waals surface area contributed by atoms with Crippen molar-refractivity contribution in [3.05, 3.63) is 48.0 Å². The molecule has 6 nitrogen and oxygen atoms in total. The van der Waals surface area contributed by atoms with Gasteiger partial charge in [-0.1, -0.05) is 30.3 Å². The molecule has 1 aromatic rings. The van der Waals surface area contributed by atoms with Gasteiger partial charge in [-0.3, -0.25) is 9.59 Å². The summed E-state index contributed by atoms with van der Waals surface area (Å²) in [6, 6.07) is 9.97. The summed E-state index contributed by atoms with van der Waals surface area (Å²) in [4.78, 5) is 22.6. The van der Waals surface area contributed by atoms with E-state index in [1.54, 1.807) is 6.08 Å². The van der Waals surface area contributed by atoms with Crippen LogP contribution in [0.3, 0.4) is 0 Å². The summed E-state index contributed by atoms with van der Waals surface area (Å²) in [5.41, 5.74) is 0.628. The maximum absolute atomic E-state index is 12.0. The maximum atomic E-state index is 12.0. The number of aliphatic hydroxyl groups excluding tert-OH is 1. The van der Waals surface area contributed by atoms with E-state index in [1.165, 1.54) is 6.08 Å². The summed E-state index contributed by atoms with van der Waals surface area (Å²) in [6.45, 7) is 1.10. The highest BCUT2D eigenvalue weighted by atomic mass is 16.5. The van der Waals surface area contributed by atoms with Gasteiger partial charge < -0.3 is 19.7 Å². The van der Waals surface area contributed by atoms with Gasteiger partial charge in [0.2, 0.25) is 0 Å². The zero-order chi connectivity index (χ0) is 19.3. The van der Waals surface area contributed by atoms with Crippen molar-refractivity contribution in [2.24, 2.45) is 5.92 Å². The van der Waals surface area contributed by atoms with Crippen LogP contribution in [0.15, 0.2) is 42.5 Å². The third kappa shape index (κ3) is 5.25. The lowest BCUT2D eigenvalue weighted by Gasteiger charge is -2.29. The Hall–Kier alpha value is -2.02. The number of ether oxygens (including phenoxy) is 2. The lowest BCUT2D eigenvalue weighted by Crippen LogP contribution is -2.35. The largest absolute Gasteiger partial charge is 0.481 e. The molecule has 0 saturated carbocycles. The molecular formula is C21H26O6. The molecule has 0 aliphatic carbocycles. The highest BCUT2D eigenvalue weighted by molar-refractivity contribution is 5.90. The number of aliphatic carboxylic acids is 1. The van der Waals surface area contributed by atoms with Crippen LogP contribution in [-0.2, 0) is 25.7 Å². The maximum Gasteiger partial charge on any atom is 0.305 e. The monoisotopic (exact) mass is 374 g/mol. The van der Waals surface area contributed by atoms with Crippen molar-refractivity contribution in [2.45, 2.75) is 56.5 Å². The number of hydrogen-bond donors (Lipinski definition) is 2. The molecule has 2 saturated heterocycles. The molecule has 2 bridgehead atoms. The number of benzene rings is 1. The van der Waals surface area contributed by atoms with E-state index in [2.05, 4.69) is 0 Å². The first-order chi connectivity index (χ1) is 13.0. The first-order valence-electron chi connectivity index (χ1n) is 9.38. The molecule has 2 aliphatic rings. The molecule has 6 heteroatoms. The van der Waals surface area contributed by atoms with E-state index < -0.39 is 24.1 Å². The van der Waals surface area contributed by atoms with E-state index in [4.69, 9.17) is 14.6 Å². The fourth-order valence-corrected chi connectivity index (χ4v) is 3.97. The van der Waals surface area contributed by atoms with Crippen LogP contribution in [0.5, 0.6) is 0 Å². The first-order valence-corrected chi connectivity index (χ1v) is 9.38. The van der Waals surface area contributed by atoms with Gasteiger partial charge in [-0.2, -0.15) is 0 Å². The second-order valence-electron chi connectivity index (χ2n) is 7.42. The van der Waals surface area contributed by atoms with Crippen LogP contribution in [-0.4, -0.2) is 46.4 Å². The standard InChI is InChI=1S/C21H26O6/c22-17(11-18(23)12-20(24)25)6-8-21-9-7-19(27-21)10-16(21)14-26-13-15-4-2-1-3-5-15/h1-6,8,16,18-19,23H,7,9-14H2,(H,24,25)/t16-,18?,19+,21-/m1/s1. The molecule has 146 valence electrons. The van der Waals surface area contributed by atoms with Gasteiger partial charge >= 0.3 is 5.97 Å². The van der Waals surface area contributed by atoms with Crippen LogP contribution in [0.25, 0.3) is 0 Å². The van der Waals surface area contributed by atoms with E-state index in [1.807, 2.05) is 30.3 Å².